The Hall–Kier alpha value is -0.640. The summed E-state index contributed by atoms with van der Waals surface area (Å²) in [6, 6.07) is 0.241. The molecule has 0 heterocycles. The molecule has 1 rings (SSSR count). The molecule has 0 amide bonds. The Morgan fingerprint density at radius 3 is 2.08 bits per heavy atom. The lowest BCUT2D eigenvalue weighted by Crippen LogP contribution is -2.51. The van der Waals surface area contributed by atoms with E-state index in [1.807, 2.05) is 12.2 Å². The van der Waals surface area contributed by atoms with Gasteiger partial charge in [0.2, 0.25) is 0 Å². The van der Waals surface area contributed by atoms with Gasteiger partial charge in [0, 0.05) is 13.1 Å². The molecule has 0 spiro atoms. The summed E-state index contributed by atoms with van der Waals surface area (Å²) in [5.41, 5.74) is 0. The predicted octanol–water partition coefficient (Wildman–Crippen LogP) is 0.914. The standard InChI is InChI=1S/C9H17N3/c1-3-11(4-2)12(10)9-7-5-6-8-9/h5-9H,3-4,10H2,1-2H3. The van der Waals surface area contributed by atoms with Crippen LogP contribution in [0, 0.1) is 0 Å². The highest BCUT2D eigenvalue weighted by atomic mass is 15.8. The van der Waals surface area contributed by atoms with Crippen LogP contribution in [0.3, 0.4) is 0 Å². The minimum absolute atomic E-state index is 0.241. The van der Waals surface area contributed by atoms with Crippen molar-refractivity contribution >= 4 is 0 Å². The van der Waals surface area contributed by atoms with E-state index in [2.05, 4.69) is 31.0 Å². The zero-order valence-corrected chi connectivity index (χ0v) is 7.77. The Balaban J connectivity index is 2.49. The van der Waals surface area contributed by atoms with Crippen LogP contribution < -0.4 is 5.84 Å². The van der Waals surface area contributed by atoms with E-state index in [1.54, 1.807) is 5.12 Å². The second kappa shape index (κ2) is 4.40. The summed E-state index contributed by atoms with van der Waals surface area (Å²) in [5.74, 6) is 5.90. The van der Waals surface area contributed by atoms with E-state index in [0.29, 0.717) is 0 Å². The van der Waals surface area contributed by atoms with Gasteiger partial charge in [0.1, 0.15) is 0 Å². The van der Waals surface area contributed by atoms with Crippen molar-refractivity contribution in [3.63, 3.8) is 0 Å². The van der Waals surface area contributed by atoms with E-state index in [0.717, 1.165) is 13.1 Å². The molecule has 68 valence electrons. The number of nitrogens with zero attached hydrogens (tertiary/aromatic N) is 2. The van der Waals surface area contributed by atoms with E-state index in [-0.39, 0.29) is 6.04 Å². The lowest BCUT2D eigenvalue weighted by atomic mass is 10.3. The minimum Gasteiger partial charge on any atom is -0.254 e. The molecule has 1 aliphatic rings. The van der Waals surface area contributed by atoms with E-state index in [4.69, 9.17) is 5.84 Å². The molecule has 0 radical (unpaired) electrons. The highest BCUT2D eigenvalue weighted by Crippen LogP contribution is 2.07. The third kappa shape index (κ3) is 1.94. The van der Waals surface area contributed by atoms with E-state index < -0.39 is 0 Å². The summed E-state index contributed by atoms with van der Waals surface area (Å²) >= 11 is 0. The molecular weight excluding hydrogens is 150 g/mol. The molecule has 0 bridgehead atoms. The molecule has 0 saturated carbocycles. The second-order valence-electron chi connectivity index (χ2n) is 2.78. The lowest BCUT2D eigenvalue weighted by Gasteiger charge is -2.32. The Bertz CT molecular complexity index is 170. The first-order chi connectivity index (χ1) is 5.79. The van der Waals surface area contributed by atoms with Crippen LogP contribution >= 0.6 is 0 Å². The third-order valence-corrected chi connectivity index (χ3v) is 2.09. The summed E-state index contributed by atoms with van der Waals surface area (Å²) in [4.78, 5) is 0. The molecule has 0 fully saturated rings. The maximum absolute atomic E-state index is 5.90. The van der Waals surface area contributed by atoms with Crippen LogP contribution in [0.1, 0.15) is 13.8 Å². The van der Waals surface area contributed by atoms with Gasteiger partial charge < -0.3 is 0 Å². The smallest absolute Gasteiger partial charge is 0.0767 e. The molecule has 3 nitrogen and oxygen atoms in total. The van der Waals surface area contributed by atoms with Crippen molar-refractivity contribution in [2.45, 2.75) is 19.9 Å². The first-order valence-corrected chi connectivity index (χ1v) is 4.43. The third-order valence-electron chi connectivity index (χ3n) is 2.09. The minimum atomic E-state index is 0.241. The normalized spacial score (nSPS) is 17.1. The Morgan fingerprint density at radius 2 is 1.67 bits per heavy atom. The van der Waals surface area contributed by atoms with Crippen LogP contribution in [0.25, 0.3) is 0 Å². The van der Waals surface area contributed by atoms with Gasteiger partial charge >= 0.3 is 0 Å². The fourth-order valence-corrected chi connectivity index (χ4v) is 1.34. The Morgan fingerprint density at radius 1 is 1.17 bits per heavy atom. The van der Waals surface area contributed by atoms with Gasteiger partial charge in [-0.15, -0.1) is 0 Å². The number of nitrogens with two attached hydrogens (primary N) is 1. The topological polar surface area (TPSA) is 32.5 Å². The van der Waals surface area contributed by atoms with Crippen LogP contribution in [-0.4, -0.2) is 29.3 Å². The largest absolute Gasteiger partial charge is 0.254 e. The van der Waals surface area contributed by atoms with Crippen LogP contribution in [0.5, 0.6) is 0 Å². The van der Waals surface area contributed by atoms with Gasteiger partial charge in [-0.3, -0.25) is 5.84 Å². The van der Waals surface area contributed by atoms with Gasteiger partial charge in [-0.25, -0.2) is 5.01 Å². The van der Waals surface area contributed by atoms with E-state index in [9.17, 15) is 0 Å². The van der Waals surface area contributed by atoms with Crippen LogP contribution in [0.2, 0.25) is 0 Å². The highest BCUT2D eigenvalue weighted by Gasteiger charge is 2.15. The van der Waals surface area contributed by atoms with Crippen molar-refractivity contribution in [1.29, 1.82) is 0 Å². The summed E-state index contributed by atoms with van der Waals surface area (Å²) in [6.45, 7) is 6.10. The molecule has 0 unspecified atom stereocenters. The molecule has 0 aromatic rings. The summed E-state index contributed by atoms with van der Waals surface area (Å²) < 4.78 is 0. The van der Waals surface area contributed by atoms with Crippen molar-refractivity contribution in [2.24, 2.45) is 5.84 Å². The molecule has 1 aliphatic carbocycles. The van der Waals surface area contributed by atoms with Gasteiger partial charge in [-0.05, 0) is 0 Å². The molecule has 12 heavy (non-hydrogen) atoms. The number of hydrazine groups is 2. The zero-order valence-electron chi connectivity index (χ0n) is 7.77. The van der Waals surface area contributed by atoms with E-state index in [1.165, 1.54) is 0 Å². The number of hydrogen-bond donors (Lipinski definition) is 1. The molecule has 2 N–H and O–H groups in total. The quantitative estimate of drug-likeness (QED) is 0.499. The average Bonchev–Trinajstić information content (AvgIpc) is 2.58. The van der Waals surface area contributed by atoms with Crippen molar-refractivity contribution in [3.8, 4) is 0 Å². The first kappa shape index (κ1) is 9.45. The van der Waals surface area contributed by atoms with Gasteiger partial charge in [-0.2, -0.15) is 5.12 Å². The van der Waals surface area contributed by atoms with Gasteiger partial charge in [0.05, 0.1) is 6.04 Å². The summed E-state index contributed by atoms with van der Waals surface area (Å²) in [6.07, 6.45) is 8.21. The van der Waals surface area contributed by atoms with Crippen LogP contribution in [0.15, 0.2) is 24.3 Å². The monoisotopic (exact) mass is 167 g/mol. The van der Waals surface area contributed by atoms with Crippen LogP contribution in [-0.2, 0) is 0 Å². The Labute approximate surface area is 74.1 Å². The zero-order chi connectivity index (χ0) is 8.97. The number of allylic oxidation sites excluding steroid dienone is 2. The maximum Gasteiger partial charge on any atom is 0.0767 e. The van der Waals surface area contributed by atoms with Gasteiger partial charge in [-0.1, -0.05) is 38.2 Å². The van der Waals surface area contributed by atoms with Crippen molar-refractivity contribution in [2.75, 3.05) is 13.1 Å². The van der Waals surface area contributed by atoms with E-state index >= 15 is 0 Å². The van der Waals surface area contributed by atoms with Crippen LogP contribution in [0.4, 0.5) is 0 Å². The van der Waals surface area contributed by atoms with Gasteiger partial charge in [0.15, 0.2) is 0 Å². The number of hydrogen-bond acceptors (Lipinski definition) is 3. The summed E-state index contributed by atoms with van der Waals surface area (Å²) in [7, 11) is 0. The van der Waals surface area contributed by atoms with Crippen molar-refractivity contribution < 1.29 is 0 Å². The molecule has 0 aromatic carbocycles. The van der Waals surface area contributed by atoms with Crippen molar-refractivity contribution in [3.05, 3.63) is 24.3 Å². The Kier molecular flexibility index (Phi) is 3.47. The average molecular weight is 167 g/mol. The molecule has 0 aliphatic heterocycles. The second-order valence-corrected chi connectivity index (χ2v) is 2.78. The fraction of sp³-hybridized carbons (Fsp3) is 0.556. The molecule has 3 heteroatoms. The highest BCUT2D eigenvalue weighted by molar-refractivity contribution is 5.20. The fourth-order valence-electron chi connectivity index (χ4n) is 1.34. The SMILES string of the molecule is CCN(CC)N(N)C1C=CC=C1. The molecule has 0 saturated heterocycles. The summed E-state index contributed by atoms with van der Waals surface area (Å²) in [5, 5.41) is 3.88. The lowest BCUT2D eigenvalue weighted by molar-refractivity contribution is -0.0273. The number of rotatable bonds is 4. The predicted molar refractivity (Wildman–Crippen MR) is 51.0 cm³/mol. The van der Waals surface area contributed by atoms with Gasteiger partial charge in [0.25, 0.3) is 0 Å². The van der Waals surface area contributed by atoms with Crippen molar-refractivity contribution in [1.82, 2.24) is 10.1 Å². The maximum atomic E-state index is 5.90. The first-order valence-electron chi connectivity index (χ1n) is 4.43. The molecular formula is C9H17N3. The molecule has 0 atom stereocenters. The molecule has 0 aromatic heterocycles.